The lowest BCUT2D eigenvalue weighted by Crippen LogP contribution is -2.17. The Kier molecular flexibility index (Phi) is 4.68. The first-order valence-corrected chi connectivity index (χ1v) is 7.67. The molecule has 0 unspecified atom stereocenters. The predicted molar refractivity (Wildman–Crippen MR) is 86.0 cm³/mol. The third kappa shape index (κ3) is 3.63. The average molecular weight is 299 g/mol. The first-order chi connectivity index (χ1) is 10.8. The molecule has 6 heteroatoms. The molecule has 0 bridgehead atoms. The predicted octanol–water partition coefficient (Wildman–Crippen LogP) is 2.85. The number of benzene rings is 1. The van der Waals surface area contributed by atoms with Crippen LogP contribution in [-0.4, -0.2) is 28.3 Å². The average Bonchev–Trinajstić information content (AvgIpc) is 3.06. The zero-order valence-electron chi connectivity index (χ0n) is 12.7. The minimum absolute atomic E-state index is 0.478. The molecular weight excluding hydrogens is 278 g/mol. The van der Waals surface area contributed by atoms with E-state index < -0.39 is 0 Å². The topological polar surface area (TPSA) is 72.0 Å². The molecule has 1 saturated carbocycles. The van der Waals surface area contributed by atoms with Crippen molar-refractivity contribution >= 4 is 11.8 Å². The Labute approximate surface area is 130 Å². The Morgan fingerprint density at radius 2 is 2.05 bits per heavy atom. The van der Waals surface area contributed by atoms with E-state index in [1.54, 1.807) is 13.3 Å². The van der Waals surface area contributed by atoms with Gasteiger partial charge in [0.25, 0.3) is 0 Å². The molecule has 0 saturated heterocycles. The third-order valence-electron chi connectivity index (χ3n) is 3.90. The van der Waals surface area contributed by atoms with Crippen molar-refractivity contribution in [3.8, 4) is 5.75 Å². The summed E-state index contributed by atoms with van der Waals surface area (Å²) in [7, 11) is 1.68. The number of methoxy groups -OCH3 is 1. The highest BCUT2D eigenvalue weighted by atomic mass is 16.5. The Morgan fingerprint density at radius 1 is 1.23 bits per heavy atom. The number of aromatic nitrogens is 3. The lowest BCUT2D eigenvalue weighted by molar-refractivity contribution is 0.410. The number of hydrogen-bond acceptors (Lipinski definition) is 6. The molecule has 0 aliphatic heterocycles. The molecule has 0 atom stereocenters. The van der Waals surface area contributed by atoms with Gasteiger partial charge in [-0.05, 0) is 18.9 Å². The Bertz CT molecular complexity index is 613. The smallest absolute Gasteiger partial charge is 0.244 e. The lowest BCUT2D eigenvalue weighted by Gasteiger charge is -2.12. The summed E-state index contributed by atoms with van der Waals surface area (Å²) in [5.41, 5.74) is 1.08. The van der Waals surface area contributed by atoms with Crippen molar-refractivity contribution in [1.82, 2.24) is 15.2 Å². The molecule has 1 aliphatic rings. The van der Waals surface area contributed by atoms with Gasteiger partial charge in [-0.15, -0.1) is 5.10 Å². The highest BCUT2D eigenvalue weighted by Gasteiger charge is 2.15. The summed E-state index contributed by atoms with van der Waals surface area (Å²) in [6, 6.07) is 8.40. The second kappa shape index (κ2) is 7.06. The summed E-state index contributed by atoms with van der Waals surface area (Å²) >= 11 is 0. The number of anilines is 2. The van der Waals surface area contributed by atoms with Crippen LogP contribution in [0.2, 0.25) is 0 Å². The maximum absolute atomic E-state index is 5.35. The van der Waals surface area contributed by atoms with Gasteiger partial charge in [0.05, 0.1) is 13.3 Å². The van der Waals surface area contributed by atoms with Gasteiger partial charge in [0.2, 0.25) is 5.95 Å². The van der Waals surface area contributed by atoms with Crippen LogP contribution in [0.15, 0.2) is 30.5 Å². The van der Waals surface area contributed by atoms with Crippen LogP contribution in [0.5, 0.6) is 5.75 Å². The van der Waals surface area contributed by atoms with Gasteiger partial charge in [-0.25, -0.2) is 0 Å². The quantitative estimate of drug-likeness (QED) is 0.854. The molecule has 1 heterocycles. The minimum atomic E-state index is 0.478. The van der Waals surface area contributed by atoms with Crippen molar-refractivity contribution in [3.63, 3.8) is 0 Å². The fourth-order valence-corrected chi connectivity index (χ4v) is 2.74. The summed E-state index contributed by atoms with van der Waals surface area (Å²) in [6.45, 7) is 0.631. The third-order valence-corrected chi connectivity index (χ3v) is 3.90. The van der Waals surface area contributed by atoms with Crippen LogP contribution in [0.25, 0.3) is 0 Å². The van der Waals surface area contributed by atoms with Gasteiger partial charge in [0.15, 0.2) is 5.82 Å². The van der Waals surface area contributed by atoms with E-state index in [1.165, 1.54) is 25.7 Å². The molecule has 2 N–H and O–H groups in total. The number of hydrogen-bond donors (Lipinski definition) is 2. The fraction of sp³-hybridized carbons (Fsp3) is 0.438. The van der Waals surface area contributed by atoms with Crippen LogP contribution >= 0.6 is 0 Å². The molecular formula is C16H21N5O. The Balaban J connectivity index is 1.62. The van der Waals surface area contributed by atoms with E-state index in [2.05, 4.69) is 25.8 Å². The van der Waals surface area contributed by atoms with Crippen LogP contribution in [0.3, 0.4) is 0 Å². The van der Waals surface area contributed by atoms with Crippen molar-refractivity contribution in [1.29, 1.82) is 0 Å². The number of para-hydroxylation sites is 1. The highest BCUT2D eigenvalue weighted by Crippen LogP contribution is 2.21. The van der Waals surface area contributed by atoms with Gasteiger partial charge >= 0.3 is 0 Å². The molecule has 1 aliphatic carbocycles. The molecule has 22 heavy (non-hydrogen) atoms. The summed E-state index contributed by atoms with van der Waals surface area (Å²) in [6.07, 6.45) is 6.55. The van der Waals surface area contributed by atoms with Crippen LogP contribution < -0.4 is 15.4 Å². The maximum atomic E-state index is 5.35. The molecule has 1 aromatic carbocycles. The Morgan fingerprint density at radius 3 is 2.86 bits per heavy atom. The number of nitrogens with zero attached hydrogens (tertiary/aromatic N) is 3. The minimum Gasteiger partial charge on any atom is -0.496 e. The van der Waals surface area contributed by atoms with Gasteiger partial charge in [0, 0.05) is 18.2 Å². The van der Waals surface area contributed by atoms with Crippen molar-refractivity contribution in [2.75, 3.05) is 17.7 Å². The van der Waals surface area contributed by atoms with Crippen molar-refractivity contribution in [3.05, 3.63) is 36.0 Å². The van der Waals surface area contributed by atoms with Crippen molar-refractivity contribution in [2.45, 2.75) is 38.3 Å². The van der Waals surface area contributed by atoms with Crippen LogP contribution in [0, 0.1) is 0 Å². The first-order valence-electron chi connectivity index (χ1n) is 7.67. The zero-order chi connectivity index (χ0) is 15.2. The van der Waals surface area contributed by atoms with Crippen LogP contribution in [-0.2, 0) is 6.54 Å². The van der Waals surface area contributed by atoms with E-state index in [4.69, 9.17) is 4.74 Å². The van der Waals surface area contributed by atoms with E-state index in [0.29, 0.717) is 24.4 Å². The SMILES string of the molecule is COc1ccccc1CNc1cnnc(NC2CCCC2)n1. The van der Waals surface area contributed by atoms with E-state index >= 15 is 0 Å². The largest absolute Gasteiger partial charge is 0.496 e. The number of nitrogens with one attached hydrogen (secondary N) is 2. The molecule has 1 aromatic heterocycles. The first kappa shape index (κ1) is 14.6. The van der Waals surface area contributed by atoms with Crippen molar-refractivity contribution in [2.24, 2.45) is 0 Å². The van der Waals surface area contributed by atoms with Gasteiger partial charge < -0.3 is 15.4 Å². The van der Waals surface area contributed by atoms with Crippen molar-refractivity contribution < 1.29 is 4.74 Å². The molecule has 0 spiro atoms. The normalized spacial score (nSPS) is 14.8. The number of ether oxygens (including phenoxy) is 1. The maximum Gasteiger partial charge on any atom is 0.244 e. The summed E-state index contributed by atoms with van der Waals surface area (Å²) in [5.74, 6) is 2.17. The molecule has 6 nitrogen and oxygen atoms in total. The number of rotatable bonds is 6. The summed E-state index contributed by atoms with van der Waals surface area (Å²) < 4.78 is 5.35. The van der Waals surface area contributed by atoms with Crippen LogP contribution in [0.4, 0.5) is 11.8 Å². The van der Waals surface area contributed by atoms with E-state index in [9.17, 15) is 0 Å². The lowest BCUT2D eigenvalue weighted by atomic mass is 10.2. The van der Waals surface area contributed by atoms with E-state index in [0.717, 1.165) is 11.3 Å². The highest BCUT2D eigenvalue weighted by molar-refractivity contribution is 5.41. The second-order valence-corrected chi connectivity index (χ2v) is 5.46. The molecule has 0 amide bonds. The van der Waals surface area contributed by atoms with Gasteiger partial charge in [-0.2, -0.15) is 10.1 Å². The molecule has 3 rings (SSSR count). The monoisotopic (exact) mass is 299 g/mol. The van der Waals surface area contributed by atoms with E-state index in [-0.39, 0.29) is 0 Å². The summed E-state index contributed by atoms with van der Waals surface area (Å²) in [5, 5.41) is 14.7. The van der Waals surface area contributed by atoms with Crippen LogP contribution in [0.1, 0.15) is 31.2 Å². The van der Waals surface area contributed by atoms with E-state index in [1.807, 2.05) is 24.3 Å². The molecule has 116 valence electrons. The molecule has 2 aromatic rings. The fourth-order valence-electron chi connectivity index (χ4n) is 2.74. The zero-order valence-corrected chi connectivity index (χ0v) is 12.7. The van der Waals surface area contributed by atoms with Gasteiger partial charge in [-0.3, -0.25) is 0 Å². The van der Waals surface area contributed by atoms with Gasteiger partial charge in [-0.1, -0.05) is 31.0 Å². The standard InChI is InChI=1S/C16H21N5O/c1-22-14-9-5-2-6-12(14)10-17-15-11-18-21-16(20-15)19-13-7-3-4-8-13/h2,5-6,9,11,13H,3-4,7-8,10H2,1H3,(H2,17,19,20,21). The Hall–Kier alpha value is -2.37. The second-order valence-electron chi connectivity index (χ2n) is 5.46. The molecule has 1 fully saturated rings. The molecule has 0 radical (unpaired) electrons. The summed E-state index contributed by atoms with van der Waals surface area (Å²) in [4.78, 5) is 4.47. The van der Waals surface area contributed by atoms with Gasteiger partial charge in [0.1, 0.15) is 5.75 Å².